The Morgan fingerprint density at radius 2 is 1.79 bits per heavy atom. The predicted octanol–water partition coefficient (Wildman–Crippen LogP) is 4.39. The van der Waals surface area contributed by atoms with Crippen molar-refractivity contribution in [2.45, 2.75) is 77.7 Å². The summed E-state index contributed by atoms with van der Waals surface area (Å²) in [5, 5.41) is 11.0. The maximum Gasteiger partial charge on any atom is 0.287 e. The van der Waals surface area contributed by atoms with Crippen LogP contribution in [0.5, 0.6) is 0 Å². The number of alkyl halides is 3. The van der Waals surface area contributed by atoms with Crippen LogP contribution in [0.3, 0.4) is 0 Å². The second-order valence-corrected chi connectivity index (χ2v) is 9.44. The molecule has 1 aromatic carbocycles. The number of hydrogen-bond donors (Lipinski definition) is 3. The van der Waals surface area contributed by atoms with Crippen molar-refractivity contribution in [2.24, 2.45) is 11.8 Å². The molecule has 208 valence electrons. The van der Waals surface area contributed by atoms with Gasteiger partial charge in [0.15, 0.2) is 0 Å². The topological polar surface area (TPSA) is 105 Å². The number of halogens is 4. The van der Waals surface area contributed by atoms with E-state index in [9.17, 15) is 31.9 Å². The second-order valence-electron chi connectivity index (χ2n) is 9.44. The van der Waals surface area contributed by atoms with Gasteiger partial charge in [-0.25, -0.2) is 17.6 Å². The van der Waals surface area contributed by atoms with Gasteiger partial charge in [0.05, 0.1) is 11.6 Å². The molecule has 0 radical (unpaired) electrons. The van der Waals surface area contributed by atoms with Crippen molar-refractivity contribution in [2.75, 3.05) is 5.32 Å². The van der Waals surface area contributed by atoms with E-state index >= 15 is 0 Å². The van der Waals surface area contributed by atoms with Crippen molar-refractivity contribution >= 4 is 23.4 Å². The highest BCUT2D eigenvalue weighted by atomic mass is 19.3. The Morgan fingerprint density at radius 3 is 2.34 bits per heavy atom. The minimum absolute atomic E-state index is 0.109. The standard InChI is InChI=1S/C26H33F4N5O3/c1-4-17(15-7-6-8-15)21(33-25(37)20-11-12-31-35(20)5-2)26(38)32-19-10-9-16(13-18(19)27)14(3)24(36)34-23(30)22(28)29/h9-15,17,21-23H,4-8H2,1-3H3,(H,32,38)(H,33,37)(H,34,36)/t14?,17?,21-,23?/m0/s1. The first kappa shape index (κ1) is 29.1. The monoisotopic (exact) mass is 539 g/mol. The lowest BCUT2D eigenvalue weighted by atomic mass is 9.71. The van der Waals surface area contributed by atoms with E-state index in [2.05, 4.69) is 15.7 Å². The van der Waals surface area contributed by atoms with Crippen LogP contribution in [0.4, 0.5) is 23.2 Å². The van der Waals surface area contributed by atoms with Crippen LogP contribution in [0, 0.1) is 17.7 Å². The van der Waals surface area contributed by atoms with Crippen LogP contribution in [0.25, 0.3) is 0 Å². The Kier molecular flexibility index (Phi) is 9.87. The molecule has 3 rings (SSSR count). The van der Waals surface area contributed by atoms with Crippen LogP contribution >= 0.6 is 0 Å². The number of aryl methyl sites for hydroxylation is 1. The summed E-state index contributed by atoms with van der Waals surface area (Å²) in [4.78, 5) is 38.5. The van der Waals surface area contributed by atoms with Gasteiger partial charge >= 0.3 is 0 Å². The Morgan fingerprint density at radius 1 is 1.08 bits per heavy atom. The zero-order valence-electron chi connectivity index (χ0n) is 21.5. The van der Waals surface area contributed by atoms with Crippen molar-refractivity contribution in [3.05, 3.63) is 47.5 Å². The van der Waals surface area contributed by atoms with Gasteiger partial charge in [-0.15, -0.1) is 0 Å². The highest BCUT2D eigenvalue weighted by Gasteiger charge is 2.37. The highest BCUT2D eigenvalue weighted by Crippen LogP contribution is 2.37. The number of rotatable bonds is 12. The number of nitrogens with zero attached hydrogens (tertiary/aromatic N) is 2. The third kappa shape index (κ3) is 6.70. The Labute approximate surface area is 218 Å². The Bertz CT molecular complexity index is 1140. The average molecular weight is 540 g/mol. The molecule has 3 N–H and O–H groups in total. The smallest absolute Gasteiger partial charge is 0.287 e. The summed E-state index contributed by atoms with van der Waals surface area (Å²) in [5.74, 6) is -4.00. The molecule has 0 bridgehead atoms. The number of aromatic nitrogens is 2. The molecule has 3 unspecified atom stereocenters. The lowest BCUT2D eigenvalue weighted by molar-refractivity contribution is -0.126. The average Bonchev–Trinajstić information content (AvgIpc) is 3.34. The van der Waals surface area contributed by atoms with E-state index in [0.717, 1.165) is 25.3 Å². The fraction of sp³-hybridized carbons (Fsp3) is 0.538. The van der Waals surface area contributed by atoms with Crippen LogP contribution in [-0.2, 0) is 16.1 Å². The van der Waals surface area contributed by atoms with Gasteiger partial charge in [0, 0.05) is 12.7 Å². The van der Waals surface area contributed by atoms with Gasteiger partial charge in [0.25, 0.3) is 12.3 Å². The van der Waals surface area contributed by atoms with Gasteiger partial charge in [0.2, 0.25) is 18.1 Å². The van der Waals surface area contributed by atoms with Crippen molar-refractivity contribution in [3.63, 3.8) is 0 Å². The van der Waals surface area contributed by atoms with Gasteiger partial charge < -0.3 is 16.0 Å². The van der Waals surface area contributed by atoms with Gasteiger partial charge in [-0.3, -0.25) is 19.1 Å². The van der Waals surface area contributed by atoms with E-state index < -0.39 is 48.2 Å². The van der Waals surface area contributed by atoms with E-state index in [1.807, 2.05) is 13.8 Å². The normalized spacial score (nSPS) is 16.7. The second kappa shape index (κ2) is 12.9. The number of anilines is 1. The fourth-order valence-corrected chi connectivity index (χ4v) is 4.66. The van der Waals surface area contributed by atoms with E-state index in [0.29, 0.717) is 18.7 Å². The first-order valence-corrected chi connectivity index (χ1v) is 12.7. The molecule has 1 aliphatic carbocycles. The first-order valence-electron chi connectivity index (χ1n) is 12.7. The maximum absolute atomic E-state index is 15.0. The van der Waals surface area contributed by atoms with Crippen LogP contribution < -0.4 is 16.0 Å². The summed E-state index contributed by atoms with van der Waals surface area (Å²) in [6.45, 7) is 5.55. The number of nitrogens with one attached hydrogen (secondary N) is 3. The van der Waals surface area contributed by atoms with Crippen LogP contribution in [0.15, 0.2) is 30.5 Å². The molecule has 1 saturated carbocycles. The minimum atomic E-state index is -3.39. The van der Waals surface area contributed by atoms with Crippen LogP contribution in [0.1, 0.15) is 68.4 Å². The summed E-state index contributed by atoms with van der Waals surface area (Å²) in [7, 11) is 0. The lowest BCUT2D eigenvalue weighted by Gasteiger charge is -2.37. The zero-order chi connectivity index (χ0) is 28.0. The Hall–Kier alpha value is -3.44. The van der Waals surface area contributed by atoms with E-state index in [4.69, 9.17) is 0 Å². The van der Waals surface area contributed by atoms with Crippen LogP contribution in [-0.4, -0.2) is 46.3 Å². The third-order valence-corrected chi connectivity index (χ3v) is 7.12. The highest BCUT2D eigenvalue weighted by molar-refractivity contribution is 6.00. The molecule has 1 aliphatic rings. The molecule has 2 aromatic rings. The molecule has 4 atom stereocenters. The van der Waals surface area contributed by atoms with Crippen molar-refractivity contribution in [1.82, 2.24) is 20.4 Å². The number of benzene rings is 1. The van der Waals surface area contributed by atoms with Crippen molar-refractivity contribution < 1.29 is 31.9 Å². The summed E-state index contributed by atoms with van der Waals surface area (Å²) in [6, 6.07) is 4.18. The van der Waals surface area contributed by atoms with Gasteiger partial charge in [-0.2, -0.15) is 5.10 Å². The SMILES string of the molecule is CCC(C1CCC1)[C@H](NC(=O)c1ccnn1CC)C(=O)Nc1ccc(C(C)C(=O)NC(F)C(F)F)cc1F. The Balaban J connectivity index is 1.78. The van der Waals surface area contributed by atoms with E-state index in [1.165, 1.54) is 29.9 Å². The molecule has 12 heteroatoms. The molecule has 0 aliphatic heterocycles. The number of carbonyl (C=O) groups excluding carboxylic acids is 3. The molecular formula is C26H33F4N5O3. The summed E-state index contributed by atoms with van der Waals surface area (Å²) in [6.07, 6.45) is -1.20. The fourth-order valence-electron chi connectivity index (χ4n) is 4.66. The zero-order valence-corrected chi connectivity index (χ0v) is 21.5. The summed E-state index contributed by atoms with van der Waals surface area (Å²) >= 11 is 0. The molecule has 3 amide bonds. The summed E-state index contributed by atoms with van der Waals surface area (Å²) < 4.78 is 54.4. The largest absolute Gasteiger partial charge is 0.339 e. The van der Waals surface area contributed by atoms with Crippen molar-refractivity contribution in [3.8, 4) is 0 Å². The first-order chi connectivity index (χ1) is 18.1. The maximum atomic E-state index is 15.0. The molecule has 1 aromatic heterocycles. The molecule has 1 heterocycles. The van der Waals surface area contributed by atoms with Gasteiger partial charge in [-0.1, -0.05) is 38.7 Å². The van der Waals surface area contributed by atoms with Gasteiger partial charge in [0.1, 0.15) is 17.6 Å². The molecule has 0 spiro atoms. The minimum Gasteiger partial charge on any atom is -0.339 e. The molecule has 0 saturated heterocycles. The molecule has 8 nitrogen and oxygen atoms in total. The number of carbonyl (C=O) groups is 3. The van der Waals surface area contributed by atoms with E-state index in [1.54, 1.807) is 11.4 Å². The van der Waals surface area contributed by atoms with Crippen molar-refractivity contribution in [1.29, 1.82) is 0 Å². The van der Waals surface area contributed by atoms with Gasteiger partial charge in [-0.05, 0) is 49.4 Å². The molecule has 1 fully saturated rings. The third-order valence-electron chi connectivity index (χ3n) is 7.12. The predicted molar refractivity (Wildman–Crippen MR) is 133 cm³/mol. The van der Waals surface area contributed by atoms with E-state index in [-0.39, 0.29) is 23.1 Å². The number of amides is 3. The number of hydrogen-bond acceptors (Lipinski definition) is 4. The molecule has 38 heavy (non-hydrogen) atoms. The molecular weight excluding hydrogens is 506 g/mol. The lowest BCUT2D eigenvalue weighted by Crippen LogP contribution is -2.51. The van der Waals surface area contributed by atoms with Crippen LogP contribution in [0.2, 0.25) is 0 Å². The summed E-state index contributed by atoms with van der Waals surface area (Å²) in [5.41, 5.74) is 0.237. The quantitative estimate of drug-likeness (QED) is 0.275.